The molecule has 0 saturated carbocycles. The maximum Gasteiger partial charge on any atom is 0.221 e. The van der Waals surface area contributed by atoms with Crippen LogP contribution in [0.5, 0.6) is 0 Å². The molecule has 1 aliphatic heterocycles. The van der Waals surface area contributed by atoms with Crippen molar-refractivity contribution in [1.82, 2.24) is 10.6 Å². The molecule has 2 N–H and O–H groups in total. The maximum atomic E-state index is 11.5. The Kier molecular flexibility index (Phi) is 17.2. The molecule has 3 unspecified atom stereocenters. The predicted molar refractivity (Wildman–Crippen MR) is 143 cm³/mol. The number of carbonyl (C=O) groups is 1. The predicted octanol–water partition coefficient (Wildman–Crippen LogP) is 7.91. The average molecular weight is 463 g/mol. The Hall–Kier alpha value is -1.29. The minimum atomic E-state index is 0.0520. The molecule has 4 nitrogen and oxygen atoms in total. The van der Waals surface area contributed by atoms with Gasteiger partial charge in [-0.25, -0.2) is 0 Å². The highest BCUT2D eigenvalue weighted by atomic mass is 16.1. The summed E-state index contributed by atoms with van der Waals surface area (Å²) < 4.78 is 0.812. The highest BCUT2D eigenvalue weighted by Crippen LogP contribution is 2.26. The SMILES string of the molecule is CCCCCCCCC/C=C/CCCCCCCCCC1NC=C[N+]1(CC)C(C)NC(C)=O. The van der Waals surface area contributed by atoms with Gasteiger partial charge in [-0.2, -0.15) is 0 Å². The van der Waals surface area contributed by atoms with Crippen LogP contribution in [0.1, 0.15) is 137 Å². The molecule has 0 saturated heterocycles. The molecule has 1 aliphatic rings. The van der Waals surface area contributed by atoms with Crippen molar-refractivity contribution in [2.45, 2.75) is 149 Å². The molecule has 0 fully saturated rings. The van der Waals surface area contributed by atoms with E-state index in [4.69, 9.17) is 0 Å². The molecule has 0 aromatic heterocycles. The van der Waals surface area contributed by atoms with Gasteiger partial charge in [0.2, 0.25) is 5.91 Å². The molecule has 1 rings (SSSR count). The minimum absolute atomic E-state index is 0.0520. The van der Waals surface area contributed by atoms with E-state index in [9.17, 15) is 4.79 Å². The molecule has 0 bridgehead atoms. The zero-order valence-electron chi connectivity index (χ0n) is 22.5. The fraction of sp³-hybridized carbons (Fsp3) is 0.828. The molecule has 0 aromatic carbocycles. The van der Waals surface area contributed by atoms with E-state index >= 15 is 0 Å². The summed E-state index contributed by atoms with van der Waals surface area (Å²) >= 11 is 0. The molecular formula is C29H56N3O+. The number of nitrogens with one attached hydrogen (secondary N) is 2. The Morgan fingerprint density at radius 3 is 1.91 bits per heavy atom. The van der Waals surface area contributed by atoms with E-state index in [-0.39, 0.29) is 12.1 Å². The van der Waals surface area contributed by atoms with E-state index in [0.717, 1.165) is 17.4 Å². The number of unbranched alkanes of at least 4 members (excludes halogenated alkanes) is 14. The Labute approximate surface area is 206 Å². The normalized spacial score (nSPS) is 20.9. The van der Waals surface area contributed by atoms with Crippen molar-refractivity contribution in [3.05, 3.63) is 24.6 Å². The number of amides is 1. The van der Waals surface area contributed by atoms with Crippen molar-refractivity contribution in [1.29, 1.82) is 0 Å². The molecular weight excluding hydrogens is 406 g/mol. The number of hydrogen-bond acceptors (Lipinski definition) is 2. The van der Waals surface area contributed by atoms with Gasteiger partial charge in [0.25, 0.3) is 0 Å². The first-order chi connectivity index (χ1) is 16.1. The third-order valence-corrected chi connectivity index (χ3v) is 7.39. The highest BCUT2D eigenvalue weighted by molar-refractivity contribution is 5.72. The summed E-state index contributed by atoms with van der Waals surface area (Å²) in [4.78, 5) is 11.5. The number of carbonyl (C=O) groups excluding carboxylic acids is 1. The molecule has 0 spiro atoms. The van der Waals surface area contributed by atoms with Crippen LogP contribution in [0.25, 0.3) is 0 Å². The fourth-order valence-corrected chi connectivity index (χ4v) is 5.21. The number of hydrogen-bond donors (Lipinski definition) is 2. The summed E-state index contributed by atoms with van der Waals surface area (Å²) in [5.41, 5.74) is 0. The average Bonchev–Trinajstić information content (AvgIpc) is 3.22. The zero-order chi connectivity index (χ0) is 24.2. The van der Waals surface area contributed by atoms with Crippen molar-refractivity contribution < 1.29 is 9.28 Å². The van der Waals surface area contributed by atoms with Gasteiger partial charge < -0.3 is 10.6 Å². The zero-order valence-corrected chi connectivity index (χ0v) is 22.5. The molecule has 4 heteroatoms. The quantitative estimate of drug-likeness (QED) is 0.103. The Bertz CT molecular complexity index is 545. The summed E-state index contributed by atoms with van der Waals surface area (Å²) in [6, 6.07) is 0. The van der Waals surface area contributed by atoms with Crippen LogP contribution in [0.15, 0.2) is 24.6 Å². The van der Waals surface area contributed by atoms with E-state index < -0.39 is 0 Å². The van der Waals surface area contributed by atoms with Crippen molar-refractivity contribution in [3.63, 3.8) is 0 Å². The summed E-state index contributed by atoms with van der Waals surface area (Å²) in [6.07, 6.45) is 32.6. The maximum absolute atomic E-state index is 11.5. The number of quaternary nitrogens is 1. The Morgan fingerprint density at radius 1 is 0.879 bits per heavy atom. The molecule has 1 amide bonds. The van der Waals surface area contributed by atoms with Crippen LogP contribution in [0.4, 0.5) is 0 Å². The lowest BCUT2D eigenvalue weighted by atomic mass is 10.0. The van der Waals surface area contributed by atoms with Crippen LogP contribution in [0, 0.1) is 0 Å². The van der Waals surface area contributed by atoms with Gasteiger partial charge in [0.1, 0.15) is 6.20 Å². The van der Waals surface area contributed by atoms with E-state index in [1.165, 1.54) is 103 Å². The Morgan fingerprint density at radius 2 is 1.39 bits per heavy atom. The van der Waals surface area contributed by atoms with Crippen LogP contribution in [0.2, 0.25) is 0 Å². The molecule has 0 aliphatic carbocycles. The smallest absolute Gasteiger partial charge is 0.221 e. The van der Waals surface area contributed by atoms with Gasteiger partial charge in [-0.15, -0.1) is 0 Å². The summed E-state index contributed by atoms with van der Waals surface area (Å²) in [5.74, 6) is 0.0520. The van der Waals surface area contributed by atoms with Crippen molar-refractivity contribution in [2.75, 3.05) is 6.54 Å². The molecule has 0 radical (unpaired) electrons. The van der Waals surface area contributed by atoms with Crippen molar-refractivity contribution in [3.8, 4) is 0 Å². The van der Waals surface area contributed by atoms with Crippen LogP contribution < -0.4 is 10.6 Å². The van der Waals surface area contributed by atoms with E-state index in [0.29, 0.717) is 6.17 Å². The van der Waals surface area contributed by atoms with E-state index in [1.54, 1.807) is 6.92 Å². The van der Waals surface area contributed by atoms with E-state index in [2.05, 4.69) is 56.0 Å². The monoisotopic (exact) mass is 462 g/mol. The van der Waals surface area contributed by atoms with Crippen LogP contribution in [-0.4, -0.2) is 29.3 Å². The summed E-state index contributed by atoms with van der Waals surface area (Å²) in [6.45, 7) is 9.22. The third-order valence-electron chi connectivity index (χ3n) is 7.39. The summed E-state index contributed by atoms with van der Waals surface area (Å²) in [5, 5.41) is 6.65. The highest BCUT2D eigenvalue weighted by Gasteiger charge is 2.41. The van der Waals surface area contributed by atoms with Gasteiger partial charge in [0.15, 0.2) is 12.3 Å². The number of rotatable bonds is 21. The van der Waals surface area contributed by atoms with Crippen molar-refractivity contribution >= 4 is 5.91 Å². The lowest BCUT2D eigenvalue weighted by molar-refractivity contribution is -0.923. The summed E-state index contributed by atoms with van der Waals surface area (Å²) in [7, 11) is 0. The second kappa shape index (κ2) is 19.1. The molecule has 1 heterocycles. The van der Waals surface area contributed by atoms with Gasteiger partial charge >= 0.3 is 0 Å². The standard InChI is InChI=1S/C29H55N3O/c1-5-7-8-9-10-11-12-13-14-15-16-17-18-19-20-21-22-23-24-29-30-25-26-32(29,6-2)27(3)31-28(4)33/h14-15,25-27,29-30H,5-13,16-24H2,1-4H3/p+1/b15-14+. The Balaban J connectivity index is 1.98. The van der Waals surface area contributed by atoms with Gasteiger partial charge in [-0.3, -0.25) is 9.28 Å². The second-order valence-corrected chi connectivity index (χ2v) is 10.1. The number of allylic oxidation sites excluding steroid dienone is 2. The fourth-order valence-electron chi connectivity index (χ4n) is 5.21. The molecule has 192 valence electrons. The van der Waals surface area contributed by atoms with Crippen LogP contribution >= 0.6 is 0 Å². The van der Waals surface area contributed by atoms with Gasteiger partial charge in [0.05, 0.1) is 12.7 Å². The van der Waals surface area contributed by atoms with Gasteiger partial charge in [-0.1, -0.05) is 89.7 Å². The lowest BCUT2D eigenvalue weighted by Gasteiger charge is -2.41. The van der Waals surface area contributed by atoms with Crippen LogP contribution in [-0.2, 0) is 4.79 Å². The molecule has 33 heavy (non-hydrogen) atoms. The molecule has 3 atom stereocenters. The topological polar surface area (TPSA) is 41.1 Å². The third kappa shape index (κ3) is 12.7. The molecule has 0 aromatic rings. The van der Waals surface area contributed by atoms with Gasteiger partial charge in [0, 0.05) is 20.3 Å². The minimum Gasteiger partial charge on any atom is -0.338 e. The largest absolute Gasteiger partial charge is 0.338 e. The number of nitrogens with zero attached hydrogens (tertiary/aromatic N) is 1. The van der Waals surface area contributed by atoms with Crippen LogP contribution in [0.3, 0.4) is 0 Å². The van der Waals surface area contributed by atoms with E-state index in [1.807, 2.05) is 0 Å². The lowest BCUT2D eigenvalue weighted by Crippen LogP contribution is -2.62. The van der Waals surface area contributed by atoms with Gasteiger partial charge in [-0.05, 0) is 39.0 Å². The second-order valence-electron chi connectivity index (χ2n) is 10.1. The first kappa shape index (κ1) is 29.7. The first-order valence-corrected chi connectivity index (χ1v) is 14.3. The first-order valence-electron chi connectivity index (χ1n) is 14.3. The van der Waals surface area contributed by atoms with Crippen molar-refractivity contribution in [2.24, 2.45) is 0 Å².